The summed E-state index contributed by atoms with van der Waals surface area (Å²) in [5.74, 6) is -1.10. The minimum atomic E-state index is -0.894. The Balaban J connectivity index is 1.94. The van der Waals surface area contributed by atoms with Crippen molar-refractivity contribution in [1.82, 2.24) is 10.6 Å². The van der Waals surface area contributed by atoms with Crippen LogP contribution in [0, 0.1) is 0 Å². The number of rotatable bonds is 10. The number of carboxylic acid groups (broad SMARTS) is 1. The average molecular weight is 376 g/mol. The number of nitrogens with one attached hydrogen (secondary N) is 2. The van der Waals surface area contributed by atoms with E-state index in [9.17, 15) is 14.4 Å². The Morgan fingerprint density at radius 1 is 1.12 bits per heavy atom. The second kappa shape index (κ2) is 10.3. The van der Waals surface area contributed by atoms with E-state index in [1.165, 1.54) is 24.1 Å². The molecular formula is C18H20N2O5S. The van der Waals surface area contributed by atoms with Gasteiger partial charge in [0.1, 0.15) is 6.04 Å². The highest BCUT2D eigenvalue weighted by molar-refractivity contribution is 7.99. The van der Waals surface area contributed by atoms with Crippen LogP contribution in [0.3, 0.4) is 0 Å². The van der Waals surface area contributed by atoms with Gasteiger partial charge in [-0.2, -0.15) is 0 Å². The number of hydrogen-bond donors (Lipinski definition) is 3. The van der Waals surface area contributed by atoms with Gasteiger partial charge < -0.3 is 20.2 Å². The molecule has 2 amide bonds. The lowest BCUT2D eigenvalue weighted by Crippen LogP contribution is -2.48. The maximum Gasteiger partial charge on any atom is 0.313 e. The van der Waals surface area contributed by atoms with Crippen molar-refractivity contribution in [3.8, 4) is 0 Å². The van der Waals surface area contributed by atoms with E-state index in [-0.39, 0.29) is 17.4 Å². The molecule has 8 heteroatoms. The first-order chi connectivity index (χ1) is 12.6. The van der Waals surface area contributed by atoms with Crippen molar-refractivity contribution in [1.29, 1.82) is 0 Å². The van der Waals surface area contributed by atoms with Gasteiger partial charge in [0.25, 0.3) is 5.91 Å². The number of hydrogen-bond acceptors (Lipinski definition) is 5. The highest BCUT2D eigenvalue weighted by atomic mass is 32.2. The Labute approximate surface area is 155 Å². The van der Waals surface area contributed by atoms with Crippen molar-refractivity contribution in [3.05, 3.63) is 60.1 Å². The lowest BCUT2D eigenvalue weighted by atomic mass is 10.1. The molecular weight excluding hydrogens is 356 g/mol. The molecule has 0 saturated carbocycles. The van der Waals surface area contributed by atoms with Crippen molar-refractivity contribution in [2.75, 3.05) is 18.1 Å². The first-order valence-corrected chi connectivity index (χ1v) is 9.17. The van der Waals surface area contributed by atoms with Gasteiger partial charge in [-0.05, 0) is 17.7 Å². The van der Waals surface area contributed by atoms with E-state index in [4.69, 9.17) is 9.52 Å². The molecule has 26 heavy (non-hydrogen) atoms. The number of aliphatic carboxylic acids is 1. The molecule has 0 radical (unpaired) electrons. The highest BCUT2D eigenvalue weighted by Crippen LogP contribution is 2.06. The molecule has 1 heterocycles. The Kier molecular flexibility index (Phi) is 7.75. The van der Waals surface area contributed by atoms with Gasteiger partial charge in [-0.3, -0.25) is 14.4 Å². The molecule has 3 N–H and O–H groups in total. The molecule has 0 aliphatic rings. The first kappa shape index (κ1) is 19.6. The van der Waals surface area contributed by atoms with E-state index < -0.39 is 17.9 Å². The van der Waals surface area contributed by atoms with Crippen molar-refractivity contribution in [3.63, 3.8) is 0 Å². The van der Waals surface area contributed by atoms with Gasteiger partial charge in [-0.25, -0.2) is 0 Å². The molecule has 0 aliphatic carbocycles. The van der Waals surface area contributed by atoms with Crippen LogP contribution >= 0.6 is 11.8 Å². The molecule has 0 fully saturated rings. The Morgan fingerprint density at radius 3 is 2.54 bits per heavy atom. The maximum atomic E-state index is 12.5. The summed E-state index contributed by atoms with van der Waals surface area (Å²) in [6.45, 7) is 0.318. The van der Waals surface area contributed by atoms with Crippen LogP contribution in [0.25, 0.3) is 0 Å². The van der Waals surface area contributed by atoms with Gasteiger partial charge >= 0.3 is 5.97 Å². The quantitative estimate of drug-likeness (QED) is 0.543. The van der Waals surface area contributed by atoms with Gasteiger partial charge in [0.15, 0.2) is 5.76 Å². The van der Waals surface area contributed by atoms with Crippen LogP contribution in [0.15, 0.2) is 53.1 Å². The summed E-state index contributed by atoms with van der Waals surface area (Å²) >= 11 is 1.21. The lowest BCUT2D eigenvalue weighted by Gasteiger charge is -2.18. The van der Waals surface area contributed by atoms with E-state index in [1.54, 1.807) is 6.07 Å². The standard InChI is InChI=1S/C18H20N2O5S/c21-16(22)12-26-10-8-19-17(23)14(11-13-5-2-1-3-6-13)20-18(24)15-7-4-9-25-15/h1-7,9,14H,8,10-12H2,(H,19,23)(H,20,24)(H,21,22). The van der Waals surface area contributed by atoms with Gasteiger partial charge in [-0.1, -0.05) is 30.3 Å². The highest BCUT2D eigenvalue weighted by Gasteiger charge is 2.22. The molecule has 0 aliphatic heterocycles. The van der Waals surface area contributed by atoms with Gasteiger partial charge in [0.2, 0.25) is 5.91 Å². The van der Waals surface area contributed by atoms with Crippen molar-refractivity contribution in [2.45, 2.75) is 12.5 Å². The molecule has 0 bridgehead atoms. The fraction of sp³-hybridized carbons (Fsp3) is 0.278. The van der Waals surface area contributed by atoms with E-state index in [2.05, 4.69) is 10.6 Å². The molecule has 1 aromatic heterocycles. The largest absolute Gasteiger partial charge is 0.481 e. The second-order valence-electron chi connectivity index (χ2n) is 5.43. The first-order valence-electron chi connectivity index (χ1n) is 8.02. The fourth-order valence-corrected chi connectivity index (χ4v) is 2.79. The lowest BCUT2D eigenvalue weighted by molar-refractivity contribution is -0.133. The summed E-state index contributed by atoms with van der Waals surface area (Å²) < 4.78 is 5.06. The van der Waals surface area contributed by atoms with Crippen LogP contribution in [0.4, 0.5) is 0 Å². The molecule has 0 saturated heterocycles. The SMILES string of the molecule is O=C(O)CSCCNC(=O)C(Cc1ccccc1)NC(=O)c1ccco1. The number of benzene rings is 1. The van der Waals surface area contributed by atoms with Crippen LogP contribution in [0.5, 0.6) is 0 Å². The number of thioether (sulfide) groups is 1. The summed E-state index contributed by atoms with van der Waals surface area (Å²) in [5, 5.41) is 14.0. The minimum absolute atomic E-state index is 0.0153. The number of amides is 2. The van der Waals surface area contributed by atoms with Gasteiger partial charge in [0.05, 0.1) is 12.0 Å². The summed E-state index contributed by atoms with van der Waals surface area (Å²) in [5.41, 5.74) is 0.910. The van der Waals surface area contributed by atoms with Crippen molar-refractivity contribution < 1.29 is 23.9 Å². The van der Waals surface area contributed by atoms with E-state index in [0.29, 0.717) is 18.7 Å². The summed E-state index contributed by atoms with van der Waals surface area (Å²) in [4.78, 5) is 35.2. The van der Waals surface area contributed by atoms with E-state index >= 15 is 0 Å². The summed E-state index contributed by atoms with van der Waals surface area (Å²) in [6.07, 6.45) is 1.72. The van der Waals surface area contributed by atoms with Gasteiger partial charge in [-0.15, -0.1) is 11.8 Å². The zero-order valence-electron chi connectivity index (χ0n) is 14.0. The van der Waals surface area contributed by atoms with Crippen molar-refractivity contribution >= 4 is 29.5 Å². The fourth-order valence-electron chi connectivity index (χ4n) is 2.23. The third-order valence-electron chi connectivity index (χ3n) is 3.42. The van der Waals surface area contributed by atoms with Gasteiger partial charge in [0, 0.05) is 18.7 Å². The van der Waals surface area contributed by atoms with Crippen LogP contribution in [0.1, 0.15) is 16.1 Å². The topological polar surface area (TPSA) is 109 Å². The monoisotopic (exact) mass is 376 g/mol. The Bertz CT molecular complexity index is 718. The number of furan rings is 1. The van der Waals surface area contributed by atoms with Crippen LogP contribution in [0.2, 0.25) is 0 Å². The van der Waals surface area contributed by atoms with E-state index in [1.807, 2.05) is 30.3 Å². The molecule has 1 aromatic carbocycles. The molecule has 1 unspecified atom stereocenters. The second-order valence-corrected chi connectivity index (χ2v) is 6.54. The number of carbonyl (C=O) groups is 3. The number of carboxylic acids is 1. The molecule has 0 spiro atoms. The Morgan fingerprint density at radius 2 is 1.88 bits per heavy atom. The molecule has 7 nitrogen and oxygen atoms in total. The van der Waals surface area contributed by atoms with Crippen LogP contribution in [-0.2, 0) is 16.0 Å². The number of carbonyl (C=O) groups excluding carboxylic acids is 2. The van der Waals surface area contributed by atoms with Crippen LogP contribution in [-0.4, -0.2) is 47.0 Å². The third kappa shape index (κ3) is 6.64. The zero-order valence-corrected chi connectivity index (χ0v) is 14.8. The van der Waals surface area contributed by atoms with Crippen molar-refractivity contribution in [2.24, 2.45) is 0 Å². The normalized spacial score (nSPS) is 11.5. The molecule has 138 valence electrons. The molecule has 1 atom stereocenters. The third-order valence-corrected chi connectivity index (χ3v) is 4.36. The zero-order chi connectivity index (χ0) is 18.8. The summed E-state index contributed by atoms with van der Waals surface area (Å²) in [6, 6.07) is 11.7. The minimum Gasteiger partial charge on any atom is -0.481 e. The Hall–Kier alpha value is -2.74. The molecule has 2 aromatic rings. The predicted octanol–water partition coefficient (Wildman–Crippen LogP) is 1.55. The van der Waals surface area contributed by atoms with Crippen LogP contribution < -0.4 is 10.6 Å². The average Bonchev–Trinajstić information content (AvgIpc) is 3.16. The predicted molar refractivity (Wildman–Crippen MR) is 98.1 cm³/mol. The van der Waals surface area contributed by atoms with E-state index in [0.717, 1.165) is 5.56 Å². The summed E-state index contributed by atoms with van der Waals surface area (Å²) in [7, 11) is 0. The molecule has 2 rings (SSSR count). The maximum absolute atomic E-state index is 12.5. The smallest absolute Gasteiger partial charge is 0.313 e.